The van der Waals surface area contributed by atoms with Gasteiger partial charge in [0.2, 0.25) is 0 Å². The van der Waals surface area contributed by atoms with Crippen molar-refractivity contribution in [1.29, 1.82) is 0 Å². The van der Waals surface area contributed by atoms with Crippen LogP contribution in [0.1, 0.15) is 60.3 Å². The first kappa shape index (κ1) is 16.9. The molecule has 0 fully saturated rings. The van der Waals surface area contributed by atoms with Crippen LogP contribution in [0.3, 0.4) is 0 Å². The molecule has 0 radical (unpaired) electrons. The summed E-state index contributed by atoms with van der Waals surface area (Å²) in [6, 6.07) is 0.374. The molecule has 0 bridgehead atoms. The molecular formula is C14H32N2O. The standard InChI is InChI=1S/C14H32N2O/c1-6-8-13(9-10(3)7-2)11(4)16-12(5)14(15)17/h10-14,16-17H,6-9,15H2,1-5H3. The maximum atomic E-state index is 9.32. The lowest BCUT2D eigenvalue weighted by Crippen LogP contribution is -2.48. The summed E-state index contributed by atoms with van der Waals surface area (Å²) >= 11 is 0. The number of nitrogens with two attached hydrogens (primary N) is 1. The van der Waals surface area contributed by atoms with Crippen LogP contribution in [-0.2, 0) is 0 Å². The van der Waals surface area contributed by atoms with Crippen LogP contribution in [0, 0.1) is 11.8 Å². The Balaban J connectivity index is 4.27. The molecule has 0 aliphatic carbocycles. The van der Waals surface area contributed by atoms with Gasteiger partial charge in [-0.25, -0.2) is 0 Å². The molecule has 0 amide bonds. The second-order valence-electron chi connectivity index (χ2n) is 5.53. The highest BCUT2D eigenvalue weighted by Crippen LogP contribution is 2.23. The lowest BCUT2D eigenvalue weighted by molar-refractivity contribution is 0.126. The van der Waals surface area contributed by atoms with E-state index < -0.39 is 6.23 Å². The number of hydrogen-bond acceptors (Lipinski definition) is 3. The molecule has 0 heterocycles. The van der Waals surface area contributed by atoms with Crippen molar-refractivity contribution in [2.45, 2.75) is 78.6 Å². The molecule has 104 valence electrons. The highest BCUT2D eigenvalue weighted by atomic mass is 16.3. The summed E-state index contributed by atoms with van der Waals surface area (Å²) in [6.07, 6.45) is 4.18. The van der Waals surface area contributed by atoms with Gasteiger partial charge < -0.3 is 16.2 Å². The third-order valence-electron chi connectivity index (χ3n) is 3.81. The monoisotopic (exact) mass is 244 g/mol. The summed E-state index contributed by atoms with van der Waals surface area (Å²) in [7, 11) is 0. The van der Waals surface area contributed by atoms with Crippen LogP contribution in [0.4, 0.5) is 0 Å². The van der Waals surface area contributed by atoms with E-state index in [2.05, 4.69) is 33.0 Å². The van der Waals surface area contributed by atoms with Gasteiger partial charge in [0.25, 0.3) is 0 Å². The number of aliphatic hydroxyl groups is 1. The van der Waals surface area contributed by atoms with Gasteiger partial charge in [-0.1, -0.05) is 33.6 Å². The number of hydrogen-bond donors (Lipinski definition) is 3. The topological polar surface area (TPSA) is 58.3 Å². The minimum absolute atomic E-state index is 0.0405. The SMILES string of the molecule is CCCC(CC(C)CC)C(C)NC(C)C(N)O. The third kappa shape index (κ3) is 7.02. The van der Waals surface area contributed by atoms with Crippen LogP contribution in [0.15, 0.2) is 0 Å². The molecule has 0 spiro atoms. The lowest BCUT2D eigenvalue weighted by atomic mass is 9.85. The van der Waals surface area contributed by atoms with Crippen LogP contribution in [0.25, 0.3) is 0 Å². The highest BCUT2D eigenvalue weighted by molar-refractivity contribution is 4.78. The maximum Gasteiger partial charge on any atom is 0.117 e. The molecule has 5 unspecified atom stereocenters. The zero-order valence-electron chi connectivity index (χ0n) is 12.2. The van der Waals surface area contributed by atoms with Crippen LogP contribution in [-0.4, -0.2) is 23.4 Å². The van der Waals surface area contributed by atoms with Gasteiger partial charge in [0, 0.05) is 12.1 Å². The fraction of sp³-hybridized carbons (Fsp3) is 1.00. The van der Waals surface area contributed by atoms with E-state index in [1.807, 2.05) is 6.92 Å². The molecule has 17 heavy (non-hydrogen) atoms. The van der Waals surface area contributed by atoms with Crippen molar-refractivity contribution in [2.75, 3.05) is 0 Å². The fourth-order valence-corrected chi connectivity index (χ4v) is 2.28. The molecule has 0 aromatic carbocycles. The van der Waals surface area contributed by atoms with Gasteiger partial charge >= 0.3 is 0 Å². The lowest BCUT2D eigenvalue weighted by Gasteiger charge is -2.30. The summed E-state index contributed by atoms with van der Waals surface area (Å²) in [5.41, 5.74) is 5.48. The van der Waals surface area contributed by atoms with Gasteiger partial charge in [0.15, 0.2) is 0 Å². The van der Waals surface area contributed by atoms with Crippen molar-refractivity contribution < 1.29 is 5.11 Å². The Bertz CT molecular complexity index is 185. The Hall–Kier alpha value is -0.120. The molecule has 0 aliphatic rings. The number of nitrogens with one attached hydrogen (secondary N) is 1. The predicted octanol–water partition coefficient (Wildman–Crippen LogP) is 2.48. The van der Waals surface area contributed by atoms with Crippen molar-refractivity contribution >= 4 is 0 Å². The number of aliphatic hydroxyl groups excluding tert-OH is 1. The summed E-state index contributed by atoms with van der Waals surface area (Å²) in [6.45, 7) is 10.9. The Kier molecular flexibility index (Phi) is 8.83. The van der Waals surface area contributed by atoms with E-state index in [1.54, 1.807) is 0 Å². The molecule has 0 aromatic rings. The second-order valence-corrected chi connectivity index (χ2v) is 5.53. The largest absolute Gasteiger partial charge is 0.377 e. The number of rotatable bonds is 9. The zero-order valence-corrected chi connectivity index (χ0v) is 12.2. The minimum atomic E-state index is -0.775. The molecule has 0 aromatic heterocycles. The normalized spacial score (nSPS) is 20.6. The van der Waals surface area contributed by atoms with Gasteiger partial charge in [0.1, 0.15) is 6.23 Å². The summed E-state index contributed by atoms with van der Waals surface area (Å²) in [4.78, 5) is 0. The van der Waals surface area contributed by atoms with Gasteiger partial charge in [-0.15, -0.1) is 0 Å². The Morgan fingerprint density at radius 1 is 1.12 bits per heavy atom. The minimum Gasteiger partial charge on any atom is -0.377 e. The van der Waals surface area contributed by atoms with Gasteiger partial charge in [-0.3, -0.25) is 0 Å². The second kappa shape index (κ2) is 8.90. The van der Waals surface area contributed by atoms with Crippen molar-refractivity contribution in [3.63, 3.8) is 0 Å². The van der Waals surface area contributed by atoms with Crippen molar-refractivity contribution in [3.05, 3.63) is 0 Å². The Morgan fingerprint density at radius 2 is 1.71 bits per heavy atom. The Labute approximate surface area is 107 Å². The van der Waals surface area contributed by atoms with Crippen molar-refractivity contribution in [3.8, 4) is 0 Å². The molecular weight excluding hydrogens is 212 g/mol. The van der Waals surface area contributed by atoms with E-state index in [9.17, 15) is 5.11 Å². The molecule has 0 saturated heterocycles. The van der Waals surface area contributed by atoms with E-state index in [0.717, 1.165) is 5.92 Å². The first-order chi connectivity index (χ1) is 7.92. The first-order valence-corrected chi connectivity index (χ1v) is 7.11. The fourth-order valence-electron chi connectivity index (χ4n) is 2.28. The van der Waals surface area contributed by atoms with Crippen molar-refractivity contribution in [2.24, 2.45) is 17.6 Å². The van der Waals surface area contributed by atoms with E-state index in [1.165, 1.54) is 25.7 Å². The van der Waals surface area contributed by atoms with Gasteiger partial charge in [-0.2, -0.15) is 0 Å². The van der Waals surface area contributed by atoms with Crippen LogP contribution < -0.4 is 11.1 Å². The van der Waals surface area contributed by atoms with Crippen molar-refractivity contribution in [1.82, 2.24) is 5.32 Å². The smallest absolute Gasteiger partial charge is 0.117 e. The first-order valence-electron chi connectivity index (χ1n) is 7.11. The molecule has 5 atom stereocenters. The molecule has 0 saturated carbocycles. The molecule has 3 nitrogen and oxygen atoms in total. The van der Waals surface area contributed by atoms with Crippen LogP contribution in [0.2, 0.25) is 0 Å². The van der Waals surface area contributed by atoms with E-state index >= 15 is 0 Å². The van der Waals surface area contributed by atoms with Crippen LogP contribution >= 0.6 is 0 Å². The van der Waals surface area contributed by atoms with Crippen LogP contribution in [0.5, 0.6) is 0 Å². The summed E-state index contributed by atoms with van der Waals surface area (Å²) < 4.78 is 0. The average molecular weight is 244 g/mol. The molecule has 3 heteroatoms. The van der Waals surface area contributed by atoms with Gasteiger partial charge in [-0.05, 0) is 38.5 Å². The molecule has 4 N–H and O–H groups in total. The quantitative estimate of drug-likeness (QED) is 0.546. The Morgan fingerprint density at radius 3 is 2.12 bits per heavy atom. The predicted molar refractivity (Wildman–Crippen MR) is 74.7 cm³/mol. The third-order valence-corrected chi connectivity index (χ3v) is 3.81. The van der Waals surface area contributed by atoms with E-state index in [0.29, 0.717) is 12.0 Å². The average Bonchev–Trinajstić information content (AvgIpc) is 2.27. The highest BCUT2D eigenvalue weighted by Gasteiger charge is 2.21. The summed E-state index contributed by atoms with van der Waals surface area (Å²) in [5.74, 6) is 1.45. The van der Waals surface area contributed by atoms with E-state index in [4.69, 9.17) is 5.73 Å². The molecule has 0 aliphatic heterocycles. The molecule has 0 rings (SSSR count). The maximum absolute atomic E-state index is 9.32. The van der Waals surface area contributed by atoms with E-state index in [-0.39, 0.29) is 6.04 Å². The summed E-state index contributed by atoms with van der Waals surface area (Å²) in [5, 5.41) is 12.7. The zero-order chi connectivity index (χ0) is 13.4. The van der Waals surface area contributed by atoms with Gasteiger partial charge in [0.05, 0.1) is 0 Å².